The van der Waals surface area contributed by atoms with Gasteiger partial charge in [-0.05, 0) is 49.1 Å². The van der Waals surface area contributed by atoms with Crippen molar-refractivity contribution >= 4 is 39.4 Å². The summed E-state index contributed by atoms with van der Waals surface area (Å²) >= 11 is 6.13. The third-order valence-corrected chi connectivity index (χ3v) is 6.72. The Bertz CT molecular complexity index is 1340. The van der Waals surface area contributed by atoms with Gasteiger partial charge in [0, 0.05) is 24.2 Å². The fourth-order valence-corrected chi connectivity index (χ4v) is 4.47. The second-order valence-electron chi connectivity index (χ2n) is 8.86. The van der Waals surface area contributed by atoms with Crippen molar-refractivity contribution in [1.82, 2.24) is 19.5 Å². The van der Waals surface area contributed by atoms with Gasteiger partial charge in [-0.3, -0.25) is 0 Å². The quantitative estimate of drug-likeness (QED) is 0.345. The number of hydrogen-bond donors (Lipinski definition) is 3. The molecule has 1 saturated carbocycles. The minimum absolute atomic E-state index is 0.0643. The van der Waals surface area contributed by atoms with Crippen molar-refractivity contribution in [2.24, 2.45) is 5.92 Å². The molecule has 1 aliphatic heterocycles. The van der Waals surface area contributed by atoms with Crippen molar-refractivity contribution in [1.29, 1.82) is 0 Å². The van der Waals surface area contributed by atoms with Crippen molar-refractivity contribution in [3.8, 4) is 5.75 Å². The summed E-state index contributed by atoms with van der Waals surface area (Å²) in [6, 6.07) is 11.4. The first-order chi connectivity index (χ1) is 16.6. The molecule has 10 heteroatoms. The first-order valence-electron chi connectivity index (χ1n) is 11.3. The molecular weight excluding hydrogens is 458 g/mol. The summed E-state index contributed by atoms with van der Waals surface area (Å²) in [7, 11) is 0. The number of rotatable bonds is 7. The molecule has 0 amide bonds. The van der Waals surface area contributed by atoms with Crippen LogP contribution in [0.1, 0.15) is 19.1 Å². The van der Waals surface area contributed by atoms with E-state index >= 15 is 0 Å². The Balaban J connectivity index is 1.15. The topological polar surface area (TPSA) is 115 Å². The standard InChI is InChI=1S/C24H24ClN5O4/c25-22-16-7-8-30(23(16)28-12-27-22)24-21(32)20(31)18(34-24)11-33-15-5-3-14-4-6-19(29-17(14)9-15)26-10-13-1-2-13/h3-9,12-13,18,20-21,24,31-32H,1-2,10-11H2,(H,26,29)/t18-,20-,21-,24-/m1/s1. The Morgan fingerprint density at radius 2 is 1.97 bits per heavy atom. The number of nitrogens with one attached hydrogen (secondary N) is 1. The van der Waals surface area contributed by atoms with E-state index in [1.54, 1.807) is 16.8 Å². The van der Waals surface area contributed by atoms with Crippen molar-refractivity contribution in [2.75, 3.05) is 18.5 Å². The van der Waals surface area contributed by atoms with Gasteiger partial charge in [0.1, 0.15) is 53.6 Å². The molecule has 2 aliphatic rings. The number of anilines is 1. The molecule has 4 aromatic rings. The number of ether oxygens (including phenoxy) is 2. The molecule has 0 spiro atoms. The summed E-state index contributed by atoms with van der Waals surface area (Å²) < 4.78 is 13.5. The van der Waals surface area contributed by atoms with Crippen LogP contribution in [0.25, 0.3) is 21.9 Å². The number of hydrogen-bond acceptors (Lipinski definition) is 8. The molecule has 2 fully saturated rings. The van der Waals surface area contributed by atoms with Crippen LogP contribution < -0.4 is 10.1 Å². The molecule has 0 bridgehead atoms. The summed E-state index contributed by atoms with van der Waals surface area (Å²) in [5.74, 6) is 2.22. The predicted molar refractivity (Wildman–Crippen MR) is 127 cm³/mol. The van der Waals surface area contributed by atoms with Crippen LogP contribution >= 0.6 is 11.6 Å². The lowest BCUT2D eigenvalue weighted by Gasteiger charge is -2.17. The zero-order chi connectivity index (χ0) is 23.2. The average molecular weight is 482 g/mol. The van der Waals surface area contributed by atoms with Crippen LogP contribution in [0, 0.1) is 5.92 Å². The van der Waals surface area contributed by atoms with Gasteiger partial charge >= 0.3 is 0 Å². The first-order valence-corrected chi connectivity index (χ1v) is 11.7. The Hall–Kier alpha value is -2.98. The number of halogens is 1. The molecule has 176 valence electrons. The van der Waals surface area contributed by atoms with E-state index < -0.39 is 24.5 Å². The molecular formula is C24H24ClN5O4. The zero-order valence-electron chi connectivity index (χ0n) is 18.2. The molecule has 6 rings (SSSR count). The predicted octanol–water partition coefficient (Wildman–Crippen LogP) is 3.15. The lowest BCUT2D eigenvalue weighted by atomic mass is 10.1. The highest BCUT2D eigenvalue weighted by Crippen LogP contribution is 2.34. The minimum atomic E-state index is -1.16. The Kier molecular flexibility index (Phi) is 5.49. The number of nitrogens with zero attached hydrogens (tertiary/aromatic N) is 4. The van der Waals surface area contributed by atoms with Gasteiger partial charge in [-0.15, -0.1) is 0 Å². The van der Waals surface area contributed by atoms with E-state index in [0.29, 0.717) is 21.9 Å². The van der Waals surface area contributed by atoms with Gasteiger partial charge in [0.25, 0.3) is 0 Å². The van der Waals surface area contributed by atoms with Gasteiger partial charge in [-0.1, -0.05) is 11.6 Å². The van der Waals surface area contributed by atoms with Crippen LogP contribution in [0.3, 0.4) is 0 Å². The van der Waals surface area contributed by atoms with Gasteiger partial charge in [-0.25, -0.2) is 15.0 Å². The van der Waals surface area contributed by atoms with Crippen LogP contribution in [-0.4, -0.2) is 61.2 Å². The lowest BCUT2D eigenvalue weighted by molar-refractivity contribution is -0.0471. The van der Waals surface area contributed by atoms with Crippen LogP contribution in [0.2, 0.25) is 5.15 Å². The maximum absolute atomic E-state index is 10.6. The highest BCUT2D eigenvalue weighted by Gasteiger charge is 2.44. The zero-order valence-corrected chi connectivity index (χ0v) is 19.0. The monoisotopic (exact) mass is 481 g/mol. The van der Waals surface area contributed by atoms with Crippen molar-refractivity contribution < 1.29 is 19.7 Å². The molecule has 1 aliphatic carbocycles. The maximum atomic E-state index is 10.6. The number of aromatic nitrogens is 4. The lowest BCUT2D eigenvalue weighted by Crippen LogP contribution is -2.34. The van der Waals surface area contributed by atoms with Crippen LogP contribution in [-0.2, 0) is 4.74 Å². The fourth-order valence-electron chi connectivity index (χ4n) is 4.28. The number of benzene rings is 1. The summed E-state index contributed by atoms with van der Waals surface area (Å²) in [6.45, 7) is 1.01. The summed E-state index contributed by atoms with van der Waals surface area (Å²) in [5, 5.41) is 26.6. The molecule has 1 aromatic carbocycles. The molecule has 0 unspecified atom stereocenters. The Morgan fingerprint density at radius 3 is 2.82 bits per heavy atom. The molecule has 4 atom stereocenters. The minimum Gasteiger partial charge on any atom is -0.491 e. The number of fused-ring (bicyclic) bond motifs is 2. The van der Waals surface area contributed by atoms with Gasteiger partial charge < -0.3 is 29.6 Å². The highest BCUT2D eigenvalue weighted by atomic mass is 35.5. The molecule has 4 heterocycles. The third kappa shape index (κ3) is 4.05. The smallest absolute Gasteiger partial charge is 0.164 e. The molecule has 3 aromatic heterocycles. The van der Waals surface area contributed by atoms with E-state index in [1.165, 1.54) is 19.2 Å². The summed E-state index contributed by atoms with van der Waals surface area (Å²) in [5.41, 5.74) is 1.34. The van der Waals surface area contributed by atoms with Crippen LogP contribution in [0.4, 0.5) is 5.82 Å². The second-order valence-corrected chi connectivity index (χ2v) is 9.22. The molecule has 0 radical (unpaired) electrons. The maximum Gasteiger partial charge on any atom is 0.164 e. The van der Waals surface area contributed by atoms with E-state index in [0.717, 1.165) is 29.2 Å². The summed E-state index contributed by atoms with van der Waals surface area (Å²) in [6.07, 6.45) is 1.78. The molecule has 1 saturated heterocycles. The van der Waals surface area contributed by atoms with Crippen molar-refractivity contribution in [2.45, 2.75) is 37.4 Å². The number of aliphatic hydroxyl groups is 2. The normalized spacial score (nSPS) is 24.7. The number of aliphatic hydroxyl groups excluding tert-OH is 2. The highest BCUT2D eigenvalue weighted by molar-refractivity contribution is 6.33. The van der Waals surface area contributed by atoms with Gasteiger partial charge in [0.15, 0.2) is 6.23 Å². The van der Waals surface area contributed by atoms with E-state index in [-0.39, 0.29) is 6.61 Å². The fraction of sp³-hybridized carbons (Fsp3) is 0.375. The van der Waals surface area contributed by atoms with Gasteiger partial charge in [0.2, 0.25) is 0 Å². The molecule has 34 heavy (non-hydrogen) atoms. The van der Waals surface area contributed by atoms with Crippen molar-refractivity contribution in [3.05, 3.63) is 54.1 Å². The van der Waals surface area contributed by atoms with Crippen LogP contribution in [0.15, 0.2) is 48.9 Å². The molecule has 9 nitrogen and oxygen atoms in total. The molecule has 3 N–H and O–H groups in total. The largest absolute Gasteiger partial charge is 0.491 e. The third-order valence-electron chi connectivity index (χ3n) is 6.42. The van der Waals surface area contributed by atoms with E-state index in [2.05, 4.69) is 20.3 Å². The van der Waals surface area contributed by atoms with Gasteiger partial charge in [-0.2, -0.15) is 0 Å². The average Bonchev–Trinajstić information content (AvgIpc) is 3.52. The van der Waals surface area contributed by atoms with Crippen LogP contribution in [0.5, 0.6) is 5.75 Å². The summed E-state index contributed by atoms with van der Waals surface area (Å²) in [4.78, 5) is 12.9. The SMILES string of the molecule is O[C@@H]1[C@H](O)[C@@H](COc2ccc3ccc(NCC4CC4)nc3c2)O[C@H]1n1ccc2c(Cl)ncnc21. The van der Waals surface area contributed by atoms with Gasteiger partial charge in [0.05, 0.1) is 10.9 Å². The number of pyridine rings is 1. The first kappa shape index (κ1) is 21.5. The van der Waals surface area contributed by atoms with E-state index in [9.17, 15) is 10.2 Å². The Morgan fingerprint density at radius 1 is 1.12 bits per heavy atom. The van der Waals surface area contributed by atoms with Crippen molar-refractivity contribution in [3.63, 3.8) is 0 Å². The van der Waals surface area contributed by atoms with E-state index in [4.69, 9.17) is 21.1 Å². The van der Waals surface area contributed by atoms with E-state index in [1.807, 2.05) is 30.3 Å². The second kappa shape index (κ2) is 8.66. The Labute approximate surface area is 200 Å².